The fourth-order valence-electron chi connectivity index (χ4n) is 8.66. The number of ether oxygens (including phenoxy) is 2. The van der Waals surface area contributed by atoms with E-state index in [1.54, 1.807) is 0 Å². The summed E-state index contributed by atoms with van der Waals surface area (Å²) in [5.41, 5.74) is 3.91. The third-order valence-electron chi connectivity index (χ3n) is 10.6. The van der Waals surface area contributed by atoms with Crippen molar-refractivity contribution in [2.24, 2.45) is 0 Å². The summed E-state index contributed by atoms with van der Waals surface area (Å²) in [5.74, 6) is 0. The minimum absolute atomic E-state index is 0.232. The van der Waals surface area contributed by atoms with Gasteiger partial charge in [-0.25, -0.2) is 9.59 Å². The summed E-state index contributed by atoms with van der Waals surface area (Å²) in [6.45, 7) is 16.0. The van der Waals surface area contributed by atoms with Gasteiger partial charge in [0.15, 0.2) is 0 Å². The molecule has 0 radical (unpaired) electrons. The molecule has 44 heavy (non-hydrogen) atoms. The first-order valence-corrected chi connectivity index (χ1v) is 23.7. The number of para-hydroxylation sites is 2. The number of likely N-dealkylation sites (tertiary alicyclic amines) is 2. The van der Waals surface area contributed by atoms with Crippen molar-refractivity contribution >= 4 is 39.7 Å². The van der Waals surface area contributed by atoms with Crippen LogP contribution in [0.1, 0.15) is 24.0 Å². The molecule has 0 aliphatic carbocycles. The van der Waals surface area contributed by atoms with Gasteiger partial charge in [0, 0.05) is 54.7 Å². The van der Waals surface area contributed by atoms with Crippen LogP contribution in [0, 0.1) is 0 Å². The van der Waals surface area contributed by atoms with Crippen molar-refractivity contribution < 1.29 is 19.1 Å². The molecule has 4 heterocycles. The SMILES string of the molecule is CN1c2ccccc2[C@]2([C@@]34CCN(C(=O)OCC[Si](C)(C)C)[C@@H]3N(C)c3ccccc34)CCN(C(=O)OCC[Si](C)(C)C)[C@H]12. The number of hydrogen-bond acceptors (Lipinski definition) is 6. The molecular weight excluding hydrogens is 585 g/mol. The molecule has 10 heteroatoms. The highest BCUT2D eigenvalue weighted by atomic mass is 28.3. The molecular formula is C34H50N4O4Si2. The number of amides is 2. The number of anilines is 2. The van der Waals surface area contributed by atoms with Crippen LogP contribution in [-0.4, -0.2) is 90.9 Å². The van der Waals surface area contributed by atoms with Crippen molar-refractivity contribution in [1.29, 1.82) is 0 Å². The van der Waals surface area contributed by atoms with Gasteiger partial charge in [-0.05, 0) is 48.2 Å². The van der Waals surface area contributed by atoms with E-state index in [4.69, 9.17) is 9.47 Å². The largest absolute Gasteiger partial charge is 0.450 e. The minimum Gasteiger partial charge on any atom is -0.450 e. The second-order valence-corrected chi connectivity index (χ2v) is 26.9. The monoisotopic (exact) mass is 634 g/mol. The van der Waals surface area contributed by atoms with Crippen LogP contribution in [0.3, 0.4) is 0 Å². The highest BCUT2D eigenvalue weighted by Gasteiger charge is 2.75. The van der Waals surface area contributed by atoms with E-state index in [0.717, 1.165) is 36.3 Å². The number of carbonyl (C=O) groups excluding carboxylic acids is 2. The predicted octanol–water partition coefficient (Wildman–Crippen LogP) is 6.78. The normalized spacial score (nSPS) is 27.3. The average molecular weight is 635 g/mol. The van der Waals surface area contributed by atoms with Gasteiger partial charge >= 0.3 is 12.2 Å². The van der Waals surface area contributed by atoms with Gasteiger partial charge in [0.1, 0.15) is 12.3 Å². The van der Waals surface area contributed by atoms with Gasteiger partial charge in [-0.15, -0.1) is 0 Å². The van der Waals surface area contributed by atoms with Crippen molar-refractivity contribution in [3.05, 3.63) is 59.7 Å². The Bertz CT molecular complexity index is 1330. The van der Waals surface area contributed by atoms with Crippen LogP contribution >= 0.6 is 0 Å². The molecule has 2 fully saturated rings. The van der Waals surface area contributed by atoms with Gasteiger partial charge in [0.05, 0.1) is 24.0 Å². The quantitative estimate of drug-likeness (QED) is 0.313. The van der Waals surface area contributed by atoms with Crippen LogP contribution < -0.4 is 9.80 Å². The number of likely N-dealkylation sites (N-methyl/N-ethyl adjacent to an activating group) is 2. The molecule has 0 N–H and O–H groups in total. The van der Waals surface area contributed by atoms with E-state index >= 15 is 0 Å². The molecule has 4 aliphatic heterocycles. The van der Waals surface area contributed by atoms with Crippen molar-refractivity contribution in [3.8, 4) is 0 Å². The van der Waals surface area contributed by atoms with Gasteiger partial charge in [0.2, 0.25) is 0 Å². The van der Waals surface area contributed by atoms with Crippen molar-refractivity contribution in [2.45, 2.75) is 87.4 Å². The molecule has 0 saturated carbocycles. The number of hydrogen-bond donors (Lipinski definition) is 0. The Kier molecular flexibility index (Phi) is 7.63. The van der Waals surface area contributed by atoms with E-state index in [-0.39, 0.29) is 24.5 Å². The molecule has 0 unspecified atom stereocenters. The van der Waals surface area contributed by atoms with E-state index in [2.05, 4.69) is 112 Å². The molecule has 2 aromatic carbocycles. The molecule has 4 atom stereocenters. The maximum absolute atomic E-state index is 13.9. The molecule has 0 bridgehead atoms. The number of nitrogens with zero attached hydrogens (tertiary/aromatic N) is 4. The van der Waals surface area contributed by atoms with Gasteiger partial charge in [-0.2, -0.15) is 0 Å². The zero-order chi connectivity index (χ0) is 31.7. The van der Waals surface area contributed by atoms with E-state index in [1.807, 2.05) is 9.80 Å². The Hall–Kier alpha value is -2.99. The van der Waals surface area contributed by atoms with E-state index in [0.29, 0.717) is 26.3 Å². The lowest BCUT2D eigenvalue weighted by molar-refractivity contribution is 0.0702. The van der Waals surface area contributed by atoms with Gasteiger partial charge in [-0.1, -0.05) is 75.7 Å². The van der Waals surface area contributed by atoms with E-state index in [1.165, 1.54) is 11.1 Å². The molecule has 238 valence electrons. The lowest BCUT2D eigenvalue weighted by Crippen LogP contribution is -2.64. The third kappa shape index (κ3) is 4.66. The smallest absolute Gasteiger partial charge is 0.411 e. The van der Waals surface area contributed by atoms with Crippen molar-refractivity contribution in [2.75, 3.05) is 50.2 Å². The summed E-state index contributed by atoms with van der Waals surface area (Å²) in [6, 6.07) is 19.2. The molecule has 2 amide bonds. The lowest BCUT2D eigenvalue weighted by atomic mass is 9.55. The number of benzene rings is 2. The molecule has 4 aliphatic rings. The Morgan fingerprint density at radius 2 is 1.05 bits per heavy atom. The van der Waals surface area contributed by atoms with Crippen LogP contribution in [0.2, 0.25) is 51.4 Å². The Morgan fingerprint density at radius 1 is 0.682 bits per heavy atom. The van der Waals surface area contributed by atoms with Crippen molar-refractivity contribution in [3.63, 3.8) is 0 Å². The summed E-state index contributed by atoms with van der Waals surface area (Å²) in [4.78, 5) is 36.3. The summed E-state index contributed by atoms with van der Waals surface area (Å²) in [5, 5.41) is 0. The maximum atomic E-state index is 13.9. The van der Waals surface area contributed by atoms with Gasteiger partial charge < -0.3 is 19.3 Å². The van der Waals surface area contributed by atoms with Gasteiger partial charge in [0.25, 0.3) is 0 Å². The lowest BCUT2D eigenvalue weighted by Gasteiger charge is -2.50. The fourth-order valence-corrected chi connectivity index (χ4v) is 10.1. The summed E-state index contributed by atoms with van der Waals surface area (Å²) >= 11 is 0. The standard InChI is InChI=1S/C34H50N4O4Si2/c1-35-27-15-11-9-13-25(27)33(17-19-37(29(33)35)31(39)41-21-23-43(3,4)5)34-18-20-38(32(40)42-22-24-44(6,7)8)30(34)36(2)28-16-12-10-14-26(28)34/h9-16,29-30H,17-24H2,1-8H3/t29-,30-,33+,34+/m0/s1. The van der Waals surface area contributed by atoms with Crippen LogP contribution in [-0.2, 0) is 20.3 Å². The molecule has 8 nitrogen and oxygen atoms in total. The first-order valence-electron chi connectivity index (χ1n) is 16.2. The second-order valence-electron chi connectivity index (χ2n) is 15.7. The van der Waals surface area contributed by atoms with Gasteiger partial charge in [-0.3, -0.25) is 9.80 Å². The number of rotatable bonds is 7. The summed E-state index contributed by atoms with van der Waals surface area (Å²) in [7, 11) is 1.52. The van der Waals surface area contributed by atoms with E-state index < -0.39 is 27.0 Å². The highest BCUT2D eigenvalue weighted by molar-refractivity contribution is 6.76. The van der Waals surface area contributed by atoms with Crippen LogP contribution in [0.15, 0.2) is 48.5 Å². The zero-order valence-corrected chi connectivity index (χ0v) is 29.9. The predicted molar refractivity (Wildman–Crippen MR) is 182 cm³/mol. The molecule has 0 spiro atoms. The topological polar surface area (TPSA) is 65.6 Å². The van der Waals surface area contributed by atoms with E-state index in [9.17, 15) is 9.59 Å². The first kappa shape index (κ1) is 31.0. The Labute approximate surface area is 265 Å². The second kappa shape index (κ2) is 10.8. The Balaban J connectivity index is 1.44. The highest BCUT2D eigenvalue weighted by Crippen LogP contribution is 2.68. The first-order chi connectivity index (χ1) is 20.7. The molecule has 6 rings (SSSR count). The molecule has 0 aromatic heterocycles. The summed E-state index contributed by atoms with van der Waals surface area (Å²) < 4.78 is 12.0. The van der Waals surface area contributed by atoms with Crippen molar-refractivity contribution in [1.82, 2.24) is 9.80 Å². The number of carbonyl (C=O) groups is 2. The molecule has 2 saturated heterocycles. The average Bonchev–Trinajstić information content (AvgIpc) is 3.67. The third-order valence-corrected chi connectivity index (χ3v) is 14.1. The Morgan fingerprint density at radius 3 is 1.41 bits per heavy atom. The zero-order valence-electron chi connectivity index (χ0n) is 27.9. The van der Waals surface area contributed by atoms with Crippen LogP contribution in [0.5, 0.6) is 0 Å². The summed E-state index contributed by atoms with van der Waals surface area (Å²) in [6.07, 6.45) is 0.651. The van der Waals surface area contributed by atoms with Crippen LogP contribution in [0.25, 0.3) is 0 Å². The maximum Gasteiger partial charge on any atom is 0.411 e. The molecule has 2 aromatic rings. The van der Waals surface area contributed by atoms with Crippen LogP contribution in [0.4, 0.5) is 21.0 Å². The fraction of sp³-hybridized carbons (Fsp3) is 0.588. The minimum atomic E-state index is -1.36. The number of fused-ring (bicyclic) bond motifs is 7.